The molecule has 1 aliphatic heterocycles. The highest BCUT2D eigenvalue weighted by molar-refractivity contribution is 5.79. The molecule has 1 heterocycles. The van der Waals surface area contributed by atoms with Crippen LogP contribution in [0.25, 0.3) is 0 Å². The second-order valence-corrected chi connectivity index (χ2v) is 5.21. The fourth-order valence-corrected chi connectivity index (χ4v) is 2.36. The van der Waals surface area contributed by atoms with Crippen LogP contribution in [-0.2, 0) is 4.79 Å². The molecule has 1 aliphatic carbocycles. The van der Waals surface area contributed by atoms with Crippen LogP contribution in [0, 0.1) is 5.92 Å². The first kappa shape index (κ1) is 10.9. The van der Waals surface area contributed by atoms with Gasteiger partial charge in [-0.25, -0.2) is 0 Å². The van der Waals surface area contributed by atoms with Crippen molar-refractivity contribution in [2.45, 2.75) is 51.6 Å². The number of likely N-dealkylation sites (tertiary alicyclic amines) is 1. The SMILES string of the molecule is CC(C)N1CC[C@@H](NC(=O)C2CCC2)C1. The van der Waals surface area contributed by atoms with Gasteiger partial charge < -0.3 is 5.32 Å². The third-order valence-electron chi connectivity index (χ3n) is 3.77. The van der Waals surface area contributed by atoms with E-state index in [1.807, 2.05) is 0 Å². The monoisotopic (exact) mass is 210 g/mol. The summed E-state index contributed by atoms with van der Waals surface area (Å²) in [7, 11) is 0. The molecule has 86 valence electrons. The molecule has 0 aromatic carbocycles. The fraction of sp³-hybridized carbons (Fsp3) is 0.917. The van der Waals surface area contributed by atoms with Crippen LogP contribution in [0.2, 0.25) is 0 Å². The fourth-order valence-electron chi connectivity index (χ4n) is 2.36. The molecule has 0 aromatic heterocycles. The lowest BCUT2D eigenvalue weighted by molar-refractivity contribution is -0.128. The van der Waals surface area contributed by atoms with Crippen molar-refractivity contribution >= 4 is 5.91 Å². The molecule has 1 N–H and O–H groups in total. The summed E-state index contributed by atoms with van der Waals surface area (Å²) in [6, 6.07) is 1.01. The Morgan fingerprint density at radius 3 is 2.53 bits per heavy atom. The number of hydrogen-bond donors (Lipinski definition) is 1. The van der Waals surface area contributed by atoms with Crippen LogP contribution in [-0.4, -0.2) is 36.0 Å². The van der Waals surface area contributed by atoms with Crippen LogP contribution in [0.3, 0.4) is 0 Å². The molecule has 0 aromatic rings. The first-order valence-corrected chi connectivity index (χ1v) is 6.21. The van der Waals surface area contributed by atoms with Gasteiger partial charge in [0.2, 0.25) is 5.91 Å². The average Bonchev–Trinajstić information content (AvgIpc) is 2.48. The van der Waals surface area contributed by atoms with Crippen LogP contribution in [0.1, 0.15) is 39.5 Å². The van der Waals surface area contributed by atoms with Crippen molar-refractivity contribution < 1.29 is 4.79 Å². The molecule has 0 unspecified atom stereocenters. The minimum Gasteiger partial charge on any atom is -0.352 e. The maximum atomic E-state index is 11.7. The van der Waals surface area contributed by atoms with Crippen LogP contribution in [0.5, 0.6) is 0 Å². The minimum atomic E-state index is 0.303. The summed E-state index contributed by atoms with van der Waals surface area (Å²) in [5.41, 5.74) is 0. The molecule has 3 nitrogen and oxygen atoms in total. The van der Waals surface area contributed by atoms with E-state index in [-0.39, 0.29) is 0 Å². The minimum absolute atomic E-state index is 0.303. The Balaban J connectivity index is 1.74. The van der Waals surface area contributed by atoms with E-state index in [1.54, 1.807) is 0 Å². The normalized spacial score (nSPS) is 28.1. The second kappa shape index (κ2) is 4.52. The predicted octanol–water partition coefficient (Wildman–Crippen LogP) is 1.39. The van der Waals surface area contributed by atoms with E-state index in [0.717, 1.165) is 32.4 Å². The van der Waals surface area contributed by atoms with Crippen molar-refractivity contribution in [1.82, 2.24) is 10.2 Å². The number of nitrogens with zero attached hydrogens (tertiary/aromatic N) is 1. The topological polar surface area (TPSA) is 32.3 Å². The Labute approximate surface area is 92.2 Å². The highest BCUT2D eigenvalue weighted by Gasteiger charge is 2.30. The third kappa shape index (κ3) is 2.51. The molecule has 3 heteroatoms. The standard InChI is InChI=1S/C12H22N2O/c1-9(2)14-7-6-11(8-14)13-12(15)10-4-3-5-10/h9-11H,3-8H2,1-2H3,(H,13,15)/t11-/m1/s1. The zero-order valence-corrected chi connectivity index (χ0v) is 9.83. The second-order valence-electron chi connectivity index (χ2n) is 5.21. The summed E-state index contributed by atoms with van der Waals surface area (Å²) in [6.45, 7) is 6.61. The molecule has 2 rings (SSSR count). The van der Waals surface area contributed by atoms with E-state index in [1.165, 1.54) is 6.42 Å². The van der Waals surface area contributed by atoms with E-state index >= 15 is 0 Å². The lowest BCUT2D eigenvalue weighted by Gasteiger charge is -2.26. The smallest absolute Gasteiger partial charge is 0.223 e. The van der Waals surface area contributed by atoms with Gasteiger partial charge in [-0.05, 0) is 33.1 Å². The summed E-state index contributed by atoms with van der Waals surface area (Å²) in [5.74, 6) is 0.634. The van der Waals surface area contributed by atoms with Gasteiger partial charge in [0.05, 0.1) is 0 Å². The molecular formula is C12H22N2O. The van der Waals surface area contributed by atoms with Crippen molar-refractivity contribution in [3.63, 3.8) is 0 Å². The van der Waals surface area contributed by atoms with Gasteiger partial charge in [-0.15, -0.1) is 0 Å². The van der Waals surface area contributed by atoms with Gasteiger partial charge in [0.15, 0.2) is 0 Å². The van der Waals surface area contributed by atoms with Crippen molar-refractivity contribution in [1.29, 1.82) is 0 Å². The van der Waals surface area contributed by atoms with Gasteiger partial charge in [-0.3, -0.25) is 9.69 Å². The molecule has 1 saturated carbocycles. The Bertz CT molecular complexity index is 236. The molecule has 0 radical (unpaired) electrons. The van der Waals surface area contributed by atoms with Crippen molar-refractivity contribution in [3.8, 4) is 0 Å². The molecule has 0 bridgehead atoms. The summed E-state index contributed by atoms with van der Waals surface area (Å²) >= 11 is 0. The highest BCUT2D eigenvalue weighted by Crippen LogP contribution is 2.26. The number of nitrogens with one attached hydrogen (secondary N) is 1. The zero-order chi connectivity index (χ0) is 10.8. The Morgan fingerprint density at radius 2 is 2.07 bits per heavy atom. The van der Waals surface area contributed by atoms with Gasteiger partial charge in [0, 0.05) is 31.1 Å². The number of hydrogen-bond acceptors (Lipinski definition) is 2. The van der Waals surface area contributed by atoms with Crippen LogP contribution in [0.4, 0.5) is 0 Å². The van der Waals surface area contributed by atoms with Crippen molar-refractivity contribution in [3.05, 3.63) is 0 Å². The predicted molar refractivity (Wildman–Crippen MR) is 60.6 cm³/mol. The Kier molecular flexibility index (Phi) is 3.29. The number of carbonyl (C=O) groups excluding carboxylic acids is 1. The molecule has 15 heavy (non-hydrogen) atoms. The average molecular weight is 210 g/mol. The number of rotatable bonds is 3. The molecular weight excluding hydrogens is 188 g/mol. The van der Waals surface area contributed by atoms with Gasteiger partial charge in [-0.1, -0.05) is 6.42 Å². The van der Waals surface area contributed by atoms with E-state index in [2.05, 4.69) is 24.1 Å². The summed E-state index contributed by atoms with van der Waals surface area (Å²) in [4.78, 5) is 14.2. The molecule has 0 spiro atoms. The lowest BCUT2D eigenvalue weighted by atomic mass is 9.84. The van der Waals surface area contributed by atoms with Crippen molar-refractivity contribution in [2.24, 2.45) is 5.92 Å². The van der Waals surface area contributed by atoms with E-state index in [0.29, 0.717) is 23.9 Å². The molecule has 1 amide bonds. The number of amides is 1. The van der Waals surface area contributed by atoms with Gasteiger partial charge in [-0.2, -0.15) is 0 Å². The summed E-state index contributed by atoms with van der Waals surface area (Å²) in [5, 5.41) is 3.19. The first-order valence-electron chi connectivity index (χ1n) is 6.21. The van der Waals surface area contributed by atoms with E-state index in [4.69, 9.17) is 0 Å². The van der Waals surface area contributed by atoms with E-state index in [9.17, 15) is 4.79 Å². The quantitative estimate of drug-likeness (QED) is 0.763. The zero-order valence-electron chi connectivity index (χ0n) is 9.83. The van der Waals surface area contributed by atoms with Crippen LogP contribution in [0.15, 0.2) is 0 Å². The Morgan fingerprint density at radius 1 is 1.33 bits per heavy atom. The van der Waals surface area contributed by atoms with E-state index < -0.39 is 0 Å². The molecule has 1 saturated heterocycles. The van der Waals surface area contributed by atoms with Crippen LogP contribution >= 0.6 is 0 Å². The Hall–Kier alpha value is -0.570. The summed E-state index contributed by atoms with van der Waals surface area (Å²) in [6.07, 6.45) is 4.57. The summed E-state index contributed by atoms with van der Waals surface area (Å²) < 4.78 is 0. The van der Waals surface area contributed by atoms with Gasteiger partial charge in [0.1, 0.15) is 0 Å². The molecule has 2 aliphatic rings. The van der Waals surface area contributed by atoms with Gasteiger partial charge >= 0.3 is 0 Å². The molecule has 2 fully saturated rings. The van der Waals surface area contributed by atoms with Crippen LogP contribution < -0.4 is 5.32 Å². The van der Waals surface area contributed by atoms with Gasteiger partial charge in [0.25, 0.3) is 0 Å². The first-order chi connectivity index (χ1) is 7.16. The maximum Gasteiger partial charge on any atom is 0.223 e. The maximum absolute atomic E-state index is 11.7. The highest BCUT2D eigenvalue weighted by atomic mass is 16.2. The number of carbonyl (C=O) groups is 1. The third-order valence-corrected chi connectivity index (χ3v) is 3.77. The van der Waals surface area contributed by atoms with Crippen molar-refractivity contribution in [2.75, 3.05) is 13.1 Å². The molecule has 1 atom stereocenters. The largest absolute Gasteiger partial charge is 0.352 e. The lowest BCUT2D eigenvalue weighted by Crippen LogP contribution is -2.43.